The Kier molecular flexibility index (Phi) is 2.91. The van der Waals surface area contributed by atoms with Crippen molar-refractivity contribution in [2.45, 2.75) is 31.1 Å². The van der Waals surface area contributed by atoms with Crippen LogP contribution in [-0.2, 0) is 9.59 Å². The van der Waals surface area contributed by atoms with Gasteiger partial charge in [-0.1, -0.05) is 0 Å². The Bertz CT molecular complexity index is 424. The van der Waals surface area contributed by atoms with Gasteiger partial charge in [-0.3, -0.25) is 9.59 Å². The van der Waals surface area contributed by atoms with E-state index in [1.165, 1.54) is 11.3 Å². The fourth-order valence-corrected chi connectivity index (χ4v) is 2.52. The highest BCUT2D eigenvalue weighted by atomic mass is 32.1. The molecule has 0 amide bonds. The zero-order valence-electron chi connectivity index (χ0n) is 8.42. The van der Waals surface area contributed by atoms with Crippen molar-refractivity contribution in [1.29, 1.82) is 0 Å². The summed E-state index contributed by atoms with van der Waals surface area (Å²) >= 11 is 1.43. The van der Waals surface area contributed by atoms with E-state index in [1.54, 1.807) is 5.38 Å². The molecule has 0 spiro atoms. The van der Waals surface area contributed by atoms with E-state index >= 15 is 0 Å². The summed E-state index contributed by atoms with van der Waals surface area (Å²) in [5, 5.41) is 20.2. The van der Waals surface area contributed by atoms with E-state index in [9.17, 15) is 9.59 Å². The molecular formula is C10H11NO4S. The fraction of sp³-hybridized carbons (Fsp3) is 0.500. The second-order valence-electron chi connectivity index (χ2n) is 3.87. The maximum atomic E-state index is 10.9. The van der Waals surface area contributed by atoms with E-state index in [4.69, 9.17) is 10.2 Å². The number of aromatic nitrogens is 1. The van der Waals surface area contributed by atoms with Gasteiger partial charge in [-0.15, -0.1) is 11.3 Å². The zero-order valence-corrected chi connectivity index (χ0v) is 9.24. The minimum atomic E-state index is -1.13. The lowest BCUT2D eigenvalue weighted by molar-refractivity contribution is -0.145. The molecule has 1 saturated carbocycles. The number of nitrogens with zero attached hydrogens (tertiary/aromatic N) is 1. The minimum absolute atomic E-state index is 0.377. The van der Waals surface area contributed by atoms with Gasteiger partial charge in [0.1, 0.15) is 5.92 Å². The van der Waals surface area contributed by atoms with Gasteiger partial charge in [0.2, 0.25) is 0 Å². The molecule has 5 nitrogen and oxygen atoms in total. The molecule has 2 N–H and O–H groups in total. The van der Waals surface area contributed by atoms with Gasteiger partial charge in [0.05, 0.1) is 17.1 Å². The third-order valence-corrected chi connectivity index (χ3v) is 3.53. The number of aliphatic carboxylic acids is 2. The van der Waals surface area contributed by atoms with Crippen LogP contribution < -0.4 is 0 Å². The first-order valence-electron chi connectivity index (χ1n) is 4.98. The monoisotopic (exact) mass is 241 g/mol. The Labute approximate surface area is 95.8 Å². The van der Waals surface area contributed by atoms with Crippen molar-refractivity contribution in [3.63, 3.8) is 0 Å². The normalized spacial score (nSPS) is 17.0. The van der Waals surface area contributed by atoms with Gasteiger partial charge in [-0.25, -0.2) is 4.98 Å². The van der Waals surface area contributed by atoms with Crippen LogP contribution in [0.5, 0.6) is 0 Å². The number of carboxylic acid groups (broad SMARTS) is 2. The molecule has 1 atom stereocenters. The highest BCUT2D eigenvalue weighted by molar-refractivity contribution is 7.09. The molecule has 1 fully saturated rings. The first-order chi connectivity index (χ1) is 7.58. The van der Waals surface area contributed by atoms with Crippen molar-refractivity contribution in [3.05, 3.63) is 16.1 Å². The second-order valence-corrected chi connectivity index (χ2v) is 4.76. The first-order valence-corrected chi connectivity index (χ1v) is 5.86. The molecule has 1 heterocycles. The standard InChI is InChI=1S/C10H11NO4S/c12-8(13)3-6(10(14)15)7-4-16-9(11-7)5-1-2-5/h4-6H,1-3H2,(H,12,13)(H,14,15). The molecule has 1 unspecified atom stereocenters. The van der Waals surface area contributed by atoms with Crippen molar-refractivity contribution in [2.24, 2.45) is 0 Å². The van der Waals surface area contributed by atoms with Crippen LogP contribution in [0, 0.1) is 0 Å². The van der Waals surface area contributed by atoms with Crippen LogP contribution in [0.25, 0.3) is 0 Å². The molecule has 6 heteroatoms. The molecule has 0 bridgehead atoms. The minimum Gasteiger partial charge on any atom is -0.481 e. The van der Waals surface area contributed by atoms with Gasteiger partial charge in [0.25, 0.3) is 0 Å². The van der Waals surface area contributed by atoms with Crippen LogP contribution in [0.1, 0.15) is 41.8 Å². The predicted octanol–water partition coefficient (Wildman–Crippen LogP) is 1.66. The Balaban J connectivity index is 2.16. The van der Waals surface area contributed by atoms with E-state index in [1.807, 2.05) is 0 Å². The second kappa shape index (κ2) is 4.21. The lowest BCUT2D eigenvalue weighted by Crippen LogP contribution is -2.16. The van der Waals surface area contributed by atoms with Crippen molar-refractivity contribution >= 4 is 23.3 Å². The number of thiazole rings is 1. The molecule has 2 rings (SSSR count). The van der Waals surface area contributed by atoms with E-state index in [2.05, 4.69) is 4.98 Å². The highest BCUT2D eigenvalue weighted by Crippen LogP contribution is 2.42. The van der Waals surface area contributed by atoms with Crippen LogP contribution in [0.2, 0.25) is 0 Å². The molecule has 0 radical (unpaired) electrons. The lowest BCUT2D eigenvalue weighted by Gasteiger charge is -2.05. The van der Waals surface area contributed by atoms with Gasteiger partial charge in [-0.2, -0.15) is 0 Å². The maximum absolute atomic E-state index is 10.9. The molecule has 1 aliphatic rings. The molecule has 86 valence electrons. The van der Waals surface area contributed by atoms with E-state index in [-0.39, 0.29) is 0 Å². The third-order valence-electron chi connectivity index (χ3n) is 2.50. The molecule has 0 aromatic carbocycles. The molecule has 1 aromatic heterocycles. The summed E-state index contributed by atoms with van der Waals surface area (Å²) in [7, 11) is 0. The van der Waals surface area contributed by atoms with E-state index in [0.29, 0.717) is 11.6 Å². The van der Waals surface area contributed by atoms with Gasteiger partial charge < -0.3 is 10.2 Å². The van der Waals surface area contributed by atoms with Gasteiger partial charge in [-0.05, 0) is 12.8 Å². The smallest absolute Gasteiger partial charge is 0.313 e. The molecule has 1 aliphatic carbocycles. The molecule has 0 aliphatic heterocycles. The number of rotatable bonds is 5. The van der Waals surface area contributed by atoms with Crippen molar-refractivity contribution in [2.75, 3.05) is 0 Å². The summed E-state index contributed by atoms with van der Waals surface area (Å²) in [6.07, 6.45) is 1.79. The average molecular weight is 241 g/mol. The average Bonchev–Trinajstić information content (AvgIpc) is 2.93. The van der Waals surface area contributed by atoms with Gasteiger partial charge in [0.15, 0.2) is 0 Å². The van der Waals surface area contributed by atoms with Gasteiger partial charge >= 0.3 is 11.9 Å². The summed E-state index contributed by atoms with van der Waals surface area (Å²) in [4.78, 5) is 25.7. The van der Waals surface area contributed by atoms with Crippen LogP contribution in [0.15, 0.2) is 5.38 Å². The van der Waals surface area contributed by atoms with Crippen LogP contribution in [0.3, 0.4) is 0 Å². The Morgan fingerprint density at radius 1 is 1.50 bits per heavy atom. The Morgan fingerprint density at radius 2 is 2.19 bits per heavy atom. The molecule has 16 heavy (non-hydrogen) atoms. The first kappa shape index (κ1) is 11.1. The van der Waals surface area contributed by atoms with E-state index < -0.39 is 24.3 Å². The fourth-order valence-electron chi connectivity index (χ4n) is 1.47. The predicted molar refractivity (Wildman–Crippen MR) is 56.7 cm³/mol. The summed E-state index contributed by atoms with van der Waals surface area (Å²) in [5.41, 5.74) is 0.377. The largest absolute Gasteiger partial charge is 0.481 e. The summed E-state index contributed by atoms with van der Waals surface area (Å²) in [5.74, 6) is -2.80. The Hall–Kier alpha value is -1.43. The lowest BCUT2D eigenvalue weighted by atomic mass is 10.0. The molecule has 1 aromatic rings. The van der Waals surface area contributed by atoms with Crippen LogP contribution >= 0.6 is 11.3 Å². The van der Waals surface area contributed by atoms with Crippen LogP contribution in [-0.4, -0.2) is 27.1 Å². The Morgan fingerprint density at radius 3 is 2.69 bits per heavy atom. The number of carbonyl (C=O) groups is 2. The van der Waals surface area contributed by atoms with E-state index in [0.717, 1.165) is 17.8 Å². The summed E-state index contributed by atoms with van der Waals surface area (Å²) in [6, 6.07) is 0. The number of hydrogen-bond donors (Lipinski definition) is 2. The summed E-state index contributed by atoms with van der Waals surface area (Å²) < 4.78 is 0. The number of hydrogen-bond acceptors (Lipinski definition) is 4. The molecular weight excluding hydrogens is 230 g/mol. The molecule has 0 saturated heterocycles. The third kappa shape index (κ3) is 2.38. The SMILES string of the molecule is O=C(O)CC(C(=O)O)c1csc(C2CC2)n1. The maximum Gasteiger partial charge on any atom is 0.313 e. The van der Waals surface area contributed by atoms with Crippen molar-refractivity contribution < 1.29 is 19.8 Å². The topological polar surface area (TPSA) is 87.5 Å². The summed E-state index contributed by atoms with van der Waals surface area (Å²) in [6.45, 7) is 0. The van der Waals surface area contributed by atoms with Crippen molar-refractivity contribution in [1.82, 2.24) is 4.98 Å². The number of carboxylic acids is 2. The highest BCUT2D eigenvalue weighted by Gasteiger charge is 2.30. The van der Waals surface area contributed by atoms with Crippen LogP contribution in [0.4, 0.5) is 0 Å². The zero-order chi connectivity index (χ0) is 11.7. The van der Waals surface area contributed by atoms with Crippen molar-refractivity contribution in [3.8, 4) is 0 Å². The quantitative estimate of drug-likeness (QED) is 0.818. The van der Waals surface area contributed by atoms with Gasteiger partial charge in [0, 0.05) is 11.3 Å².